The highest BCUT2D eigenvalue weighted by atomic mass is 16.2. The van der Waals surface area contributed by atoms with Gasteiger partial charge in [-0.1, -0.05) is 0 Å². The molecular formula is C16H24N2O. The minimum absolute atomic E-state index is 0.177. The molecule has 0 aromatic carbocycles. The van der Waals surface area contributed by atoms with E-state index in [-0.39, 0.29) is 17.4 Å². The summed E-state index contributed by atoms with van der Waals surface area (Å²) in [5, 5.41) is 8.94. The Morgan fingerprint density at radius 3 is 2.16 bits per heavy atom. The molecule has 3 nitrogen and oxygen atoms in total. The second kappa shape index (κ2) is 4.51. The molecule has 0 heterocycles. The summed E-state index contributed by atoms with van der Waals surface area (Å²) in [6.45, 7) is 1.80. The van der Waals surface area contributed by atoms with Crippen LogP contribution in [0.3, 0.4) is 0 Å². The van der Waals surface area contributed by atoms with Gasteiger partial charge in [0.05, 0.1) is 6.07 Å². The van der Waals surface area contributed by atoms with Gasteiger partial charge in [0.15, 0.2) is 0 Å². The molecule has 1 amide bonds. The molecule has 3 heteroatoms. The molecule has 1 atom stereocenters. The minimum atomic E-state index is -0.304. The van der Waals surface area contributed by atoms with Gasteiger partial charge in [0, 0.05) is 13.5 Å². The lowest BCUT2D eigenvalue weighted by Gasteiger charge is -2.57. The average molecular weight is 260 g/mol. The first-order valence-corrected chi connectivity index (χ1v) is 7.66. The number of nitriles is 1. The van der Waals surface area contributed by atoms with Gasteiger partial charge in [-0.2, -0.15) is 5.26 Å². The van der Waals surface area contributed by atoms with Gasteiger partial charge in [-0.3, -0.25) is 4.79 Å². The summed E-state index contributed by atoms with van der Waals surface area (Å²) in [5.41, 5.74) is 0.287. The van der Waals surface area contributed by atoms with Crippen LogP contribution in [-0.4, -0.2) is 23.9 Å². The Balaban J connectivity index is 1.70. The number of hydrogen-bond donors (Lipinski definition) is 0. The summed E-state index contributed by atoms with van der Waals surface area (Å²) in [4.78, 5) is 14.0. The van der Waals surface area contributed by atoms with Crippen molar-refractivity contribution in [3.05, 3.63) is 0 Å². The molecule has 4 aliphatic rings. The summed E-state index contributed by atoms with van der Waals surface area (Å²) in [5.74, 6) is 2.84. The van der Waals surface area contributed by atoms with E-state index in [9.17, 15) is 4.79 Å². The topological polar surface area (TPSA) is 44.1 Å². The number of carbonyl (C=O) groups excluding carboxylic acids is 1. The minimum Gasteiger partial charge on any atom is -0.330 e. The third-order valence-corrected chi connectivity index (χ3v) is 5.85. The van der Waals surface area contributed by atoms with Gasteiger partial charge in [0.2, 0.25) is 5.91 Å². The highest BCUT2D eigenvalue weighted by Crippen LogP contribution is 2.61. The number of carbonyl (C=O) groups is 1. The third-order valence-electron chi connectivity index (χ3n) is 5.85. The molecule has 104 valence electrons. The Labute approximate surface area is 116 Å². The second-order valence-corrected chi connectivity index (χ2v) is 7.40. The highest BCUT2D eigenvalue weighted by Gasteiger charge is 2.51. The average Bonchev–Trinajstić information content (AvgIpc) is 2.34. The molecular weight excluding hydrogens is 236 g/mol. The van der Waals surface area contributed by atoms with Crippen LogP contribution in [0.15, 0.2) is 0 Å². The van der Waals surface area contributed by atoms with E-state index >= 15 is 0 Å². The number of amides is 1. The zero-order chi connectivity index (χ0) is 13.6. The predicted octanol–water partition coefficient (Wildman–Crippen LogP) is 2.96. The first-order chi connectivity index (χ1) is 9.01. The van der Waals surface area contributed by atoms with Crippen LogP contribution in [0, 0.1) is 34.5 Å². The van der Waals surface area contributed by atoms with Gasteiger partial charge in [-0.05, 0) is 68.6 Å². The Kier molecular flexibility index (Phi) is 3.08. The van der Waals surface area contributed by atoms with Crippen molar-refractivity contribution in [2.75, 3.05) is 7.05 Å². The van der Waals surface area contributed by atoms with Crippen LogP contribution in [0.5, 0.6) is 0 Å². The number of rotatable bonds is 3. The molecule has 0 saturated heterocycles. The van der Waals surface area contributed by atoms with Crippen LogP contribution in [0.1, 0.15) is 51.9 Å². The van der Waals surface area contributed by atoms with E-state index in [1.807, 2.05) is 0 Å². The monoisotopic (exact) mass is 260 g/mol. The first kappa shape index (κ1) is 13.0. The van der Waals surface area contributed by atoms with Crippen LogP contribution < -0.4 is 0 Å². The largest absolute Gasteiger partial charge is 0.330 e. The van der Waals surface area contributed by atoms with Crippen molar-refractivity contribution in [2.45, 2.75) is 57.9 Å². The molecule has 0 aliphatic heterocycles. The number of nitrogens with zero attached hydrogens (tertiary/aromatic N) is 2. The molecule has 4 saturated carbocycles. The lowest BCUT2D eigenvalue weighted by Crippen LogP contribution is -2.48. The van der Waals surface area contributed by atoms with Crippen molar-refractivity contribution < 1.29 is 4.79 Å². The lowest BCUT2D eigenvalue weighted by molar-refractivity contribution is -0.139. The molecule has 1 unspecified atom stereocenters. The van der Waals surface area contributed by atoms with Gasteiger partial charge in [0.25, 0.3) is 0 Å². The highest BCUT2D eigenvalue weighted by molar-refractivity contribution is 5.77. The lowest BCUT2D eigenvalue weighted by atomic mass is 9.49. The van der Waals surface area contributed by atoms with Gasteiger partial charge in [-0.15, -0.1) is 0 Å². The van der Waals surface area contributed by atoms with E-state index in [0.717, 1.165) is 17.8 Å². The van der Waals surface area contributed by atoms with Crippen molar-refractivity contribution in [2.24, 2.45) is 23.2 Å². The molecule has 4 rings (SSSR count). The normalized spacial score (nSPS) is 40.8. The summed E-state index contributed by atoms with van der Waals surface area (Å²) in [6, 6.07) is 1.85. The molecule has 4 aliphatic carbocycles. The Morgan fingerprint density at radius 2 is 1.74 bits per heavy atom. The number of hydrogen-bond acceptors (Lipinski definition) is 2. The standard InChI is InChI=1S/C16H24N2O/c1-11(10-17)18(2)15(19)9-16-6-12-3-13(7-16)5-14(4-12)8-16/h11-14H,3-9H2,1-2H3. The zero-order valence-corrected chi connectivity index (χ0v) is 12.1. The van der Waals surface area contributed by atoms with Crippen molar-refractivity contribution in [1.82, 2.24) is 4.90 Å². The second-order valence-electron chi connectivity index (χ2n) is 7.40. The smallest absolute Gasteiger partial charge is 0.223 e. The van der Waals surface area contributed by atoms with Crippen molar-refractivity contribution in [1.29, 1.82) is 5.26 Å². The van der Waals surface area contributed by atoms with Crippen LogP contribution in [-0.2, 0) is 4.79 Å². The molecule has 4 bridgehead atoms. The zero-order valence-electron chi connectivity index (χ0n) is 12.1. The molecule has 0 radical (unpaired) electrons. The quantitative estimate of drug-likeness (QED) is 0.783. The summed E-state index contributed by atoms with van der Waals surface area (Å²) < 4.78 is 0. The van der Waals surface area contributed by atoms with E-state index in [2.05, 4.69) is 6.07 Å². The molecule has 0 aromatic heterocycles. The van der Waals surface area contributed by atoms with E-state index in [1.165, 1.54) is 38.5 Å². The van der Waals surface area contributed by atoms with Gasteiger partial charge >= 0.3 is 0 Å². The molecule has 19 heavy (non-hydrogen) atoms. The van der Waals surface area contributed by atoms with E-state index in [0.29, 0.717) is 6.42 Å². The van der Waals surface area contributed by atoms with Crippen LogP contribution in [0.2, 0.25) is 0 Å². The van der Waals surface area contributed by atoms with Crippen LogP contribution >= 0.6 is 0 Å². The van der Waals surface area contributed by atoms with Crippen molar-refractivity contribution >= 4 is 5.91 Å². The Bertz CT molecular complexity index is 388. The summed E-state index contributed by atoms with van der Waals surface area (Å²) >= 11 is 0. The SMILES string of the molecule is CC(C#N)N(C)C(=O)CC12CC3CC(CC(C3)C1)C2. The van der Waals surface area contributed by atoms with Gasteiger partial charge in [0.1, 0.15) is 6.04 Å². The van der Waals surface area contributed by atoms with Crippen molar-refractivity contribution in [3.63, 3.8) is 0 Å². The summed E-state index contributed by atoms with van der Waals surface area (Å²) in [7, 11) is 1.77. The van der Waals surface area contributed by atoms with Gasteiger partial charge in [-0.25, -0.2) is 0 Å². The van der Waals surface area contributed by atoms with Crippen LogP contribution in [0.4, 0.5) is 0 Å². The fourth-order valence-corrected chi connectivity index (χ4v) is 5.25. The molecule has 0 aromatic rings. The van der Waals surface area contributed by atoms with E-state index < -0.39 is 0 Å². The Morgan fingerprint density at radius 1 is 1.26 bits per heavy atom. The maximum absolute atomic E-state index is 12.4. The third kappa shape index (κ3) is 2.26. The predicted molar refractivity (Wildman–Crippen MR) is 73.1 cm³/mol. The maximum Gasteiger partial charge on any atom is 0.223 e. The fourth-order valence-electron chi connectivity index (χ4n) is 5.25. The molecule has 0 spiro atoms. The fraction of sp³-hybridized carbons (Fsp3) is 0.875. The first-order valence-electron chi connectivity index (χ1n) is 7.66. The van der Waals surface area contributed by atoms with Crippen molar-refractivity contribution in [3.8, 4) is 6.07 Å². The molecule has 0 N–H and O–H groups in total. The van der Waals surface area contributed by atoms with Gasteiger partial charge < -0.3 is 4.90 Å². The van der Waals surface area contributed by atoms with E-state index in [1.54, 1.807) is 18.9 Å². The Hall–Kier alpha value is -1.04. The summed E-state index contributed by atoms with van der Waals surface area (Å²) in [6.07, 6.45) is 8.71. The van der Waals surface area contributed by atoms with E-state index in [4.69, 9.17) is 5.26 Å². The molecule has 4 fully saturated rings. The maximum atomic E-state index is 12.4. The van der Waals surface area contributed by atoms with Crippen LogP contribution in [0.25, 0.3) is 0 Å².